The van der Waals surface area contributed by atoms with Crippen molar-refractivity contribution in [2.24, 2.45) is 11.8 Å². The van der Waals surface area contributed by atoms with Gasteiger partial charge in [-0.15, -0.1) is 0 Å². The SMILES string of the molecule is CCC(C)C(=O)Nc1c(C(=O)OC)n(CC2CCCO2)c2ncc(NCCC(C)C)cc12. The Hall–Kier alpha value is -2.61. The zero-order chi connectivity index (χ0) is 23.3. The van der Waals surface area contributed by atoms with Gasteiger partial charge < -0.3 is 24.7 Å². The van der Waals surface area contributed by atoms with Crippen LogP contribution >= 0.6 is 0 Å². The van der Waals surface area contributed by atoms with Crippen LogP contribution < -0.4 is 10.6 Å². The van der Waals surface area contributed by atoms with E-state index in [1.165, 1.54) is 7.11 Å². The second kappa shape index (κ2) is 10.8. The fourth-order valence-corrected chi connectivity index (χ4v) is 3.86. The first-order chi connectivity index (χ1) is 15.3. The number of hydrogen-bond acceptors (Lipinski definition) is 6. The van der Waals surface area contributed by atoms with Crippen LogP contribution in [-0.2, 0) is 20.8 Å². The third kappa shape index (κ3) is 5.41. The second-order valence-corrected chi connectivity index (χ2v) is 8.96. The second-order valence-electron chi connectivity index (χ2n) is 8.96. The number of rotatable bonds is 10. The summed E-state index contributed by atoms with van der Waals surface area (Å²) in [7, 11) is 1.35. The lowest BCUT2D eigenvalue weighted by Crippen LogP contribution is -2.23. The molecule has 1 amide bonds. The molecule has 0 spiro atoms. The molecule has 1 aliphatic rings. The van der Waals surface area contributed by atoms with Crippen molar-refractivity contribution in [3.63, 3.8) is 0 Å². The fourth-order valence-electron chi connectivity index (χ4n) is 3.86. The largest absolute Gasteiger partial charge is 0.464 e. The highest BCUT2D eigenvalue weighted by Gasteiger charge is 2.29. The van der Waals surface area contributed by atoms with E-state index in [9.17, 15) is 9.59 Å². The van der Waals surface area contributed by atoms with Gasteiger partial charge in [-0.1, -0.05) is 27.7 Å². The molecule has 2 atom stereocenters. The molecule has 0 saturated carbocycles. The lowest BCUT2D eigenvalue weighted by atomic mass is 10.1. The number of ether oxygens (including phenoxy) is 2. The van der Waals surface area contributed by atoms with Gasteiger partial charge in [-0.25, -0.2) is 9.78 Å². The molecule has 3 heterocycles. The van der Waals surface area contributed by atoms with Gasteiger partial charge in [0, 0.05) is 24.5 Å². The van der Waals surface area contributed by atoms with Gasteiger partial charge in [-0.05, 0) is 37.7 Å². The number of esters is 1. The molecule has 3 rings (SSSR count). The van der Waals surface area contributed by atoms with Gasteiger partial charge in [0.2, 0.25) is 5.91 Å². The Balaban J connectivity index is 2.09. The number of carbonyl (C=O) groups is 2. The van der Waals surface area contributed by atoms with E-state index in [0.717, 1.165) is 36.9 Å². The molecule has 1 fully saturated rings. The Morgan fingerprint density at radius 1 is 1.34 bits per heavy atom. The van der Waals surface area contributed by atoms with Crippen LogP contribution in [0.25, 0.3) is 11.0 Å². The maximum atomic E-state index is 12.9. The maximum absolute atomic E-state index is 12.9. The number of fused-ring (bicyclic) bond motifs is 1. The van der Waals surface area contributed by atoms with Crippen molar-refractivity contribution >= 4 is 34.3 Å². The molecule has 0 aromatic carbocycles. The van der Waals surface area contributed by atoms with E-state index in [2.05, 4.69) is 29.5 Å². The molecule has 0 bridgehead atoms. The minimum atomic E-state index is -0.505. The Labute approximate surface area is 190 Å². The zero-order valence-electron chi connectivity index (χ0n) is 19.9. The standard InChI is InChI=1S/C24H36N4O4/c1-6-16(4)23(29)27-20-19-12-17(25-10-9-15(2)3)13-26-22(19)28(21(20)24(30)31-5)14-18-8-7-11-32-18/h12-13,15-16,18,25H,6-11,14H2,1-5H3,(H,27,29). The van der Waals surface area contributed by atoms with E-state index >= 15 is 0 Å². The first kappa shape index (κ1) is 24.0. The summed E-state index contributed by atoms with van der Waals surface area (Å²) in [6.45, 7) is 10.2. The van der Waals surface area contributed by atoms with Gasteiger partial charge in [-0.2, -0.15) is 0 Å². The summed E-state index contributed by atoms with van der Waals surface area (Å²) in [5.74, 6) is -0.234. The summed E-state index contributed by atoms with van der Waals surface area (Å²) < 4.78 is 12.8. The normalized spacial score (nSPS) is 17.0. The lowest BCUT2D eigenvalue weighted by Gasteiger charge is -2.15. The number of hydrogen-bond donors (Lipinski definition) is 2. The Kier molecular flexibility index (Phi) is 8.12. The number of methoxy groups -OCH3 is 1. The number of aromatic nitrogens is 2. The number of anilines is 2. The molecular formula is C24H36N4O4. The van der Waals surface area contributed by atoms with Gasteiger partial charge in [0.15, 0.2) is 5.69 Å². The highest BCUT2D eigenvalue weighted by molar-refractivity contribution is 6.11. The predicted octanol–water partition coefficient (Wildman–Crippen LogP) is 4.44. The number of nitrogens with one attached hydrogen (secondary N) is 2. The monoisotopic (exact) mass is 444 g/mol. The van der Waals surface area contributed by atoms with Crippen molar-refractivity contribution in [1.82, 2.24) is 9.55 Å². The summed E-state index contributed by atoms with van der Waals surface area (Å²) in [6.07, 6.45) is 5.42. The highest BCUT2D eigenvalue weighted by atomic mass is 16.5. The fraction of sp³-hybridized carbons (Fsp3) is 0.625. The minimum absolute atomic E-state index is 0.00207. The average Bonchev–Trinajstić information content (AvgIpc) is 3.39. The summed E-state index contributed by atoms with van der Waals surface area (Å²) in [4.78, 5) is 30.4. The van der Waals surface area contributed by atoms with E-state index in [4.69, 9.17) is 9.47 Å². The molecule has 2 N–H and O–H groups in total. The molecule has 176 valence electrons. The predicted molar refractivity (Wildman–Crippen MR) is 126 cm³/mol. The third-order valence-corrected chi connectivity index (χ3v) is 6.05. The van der Waals surface area contributed by atoms with Crippen LogP contribution in [0.4, 0.5) is 11.4 Å². The molecule has 8 nitrogen and oxygen atoms in total. The van der Waals surface area contributed by atoms with Crippen LogP contribution in [0.2, 0.25) is 0 Å². The number of carbonyl (C=O) groups excluding carboxylic acids is 2. The van der Waals surface area contributed by atoms with E-state index in [1.54, 1.807) is 6.20 Å². The molecule has 0 aliphatic carbocycles. The Bertz CT molecular complexity index is 947. The Morgan fingerprint density at radius 2 is 2.12 bits per heavy atom. The van der Waals surface area contributed by atoms with Crippen molar-refractivity contribution in [3.05, 3.63) is 18.0 Å². The van der Waals surface area contributed by atoms with Crippen LogP contribution in [0, 0.1) is 11.8 Å². The maximum Gasteiger partial charge on any atom is 0.356 e. The highest BCUT2D eigenvalue weighted by Crippen LogP contribution is 2.34. The molecule has 2 unspecified atom stereocenters. The van der Waals surface area contributed by atoms with Crippen molar-refractivity contribution < 1.29 is 19.1 Å². The summed E-state index contributed by atoms with van der Waals surface area (Å²) in [5.41, 5.74) is 2.24. The van der Waals surface area contributed by atoms with Gasteiger partial charge in [0.25, 0.3) is 0 Å². The van der Waals surface area contributed by atoms with Crippen molar-refractivity contribution in [1.29, 1.82) is 0 Å². The summed E-state index contributed by atoms with van der Waals surface area (Å²) in [6, 6.07) is 1.95. The molecule has 0 radical (unpaired) electrons. The number of amides is 1. The molecule has 32 heavy (non-hydrogen) atoms. The van der Waals surface area contributed by atoms with Gasteiger partial charge >= 0.3 is 5.97 Å². The molecule has 1 aliphatic heterocycles. The van der Waals surface area contributed by atoms with E-state index < -0.39 is 5.97 Å². The first-order valence-corrected chi connectivity index (χ1v) is 11.6. The third-order valence-electron chi connectivity index (χ3n) is 6.05. The van der Waals surface area contributed by atoms with E-state index in [-0.39, 0.29) is 17.9 Å². The van der Waals surface area contributed by atoms with Crippen LogP contribution in [-0.4, -0.2) is 47.8 Å². The van der Waals surface area contributed by atoms with Gasteiger partial charge in [0.05, 0.1) is 37.3 Å². The van der Waals surface area contributed by atoms with E-state index in [1.807, 2.05) is 24.5 Å². The van der Waals surface area contributed by atoms with Crippen LogP contribution in [0.1, 0.15) is 63.9 Å². The Morgan fingerprint density at radius 3 is 2.75 bits per heavy atom. The summed E-state index contributed by atoms with van der Waals surface area (Å²) >= 11 is 0. The van der Waals surface area contributed by atoms with Crippen LogP contribution in [0.15, 0.2) is 12.3 Å². The molecule has 2 aromatic rings. The molecule has 2 aromatic heterocycles. The minimum Gasteiger partial charge on any atom is -0.464 e. The first-order valence-electron chi connectivity index (χ1n) is 11.6. The number of pyridine rings is 1. The average molecular weight is 445 g/mol. The van der Waals surface area contributed by atoms with Crippen molar-refractivity contribution in [3.8, 4) is 0 Å². The topological polar surface area (TPSA) is 94.5 Å². The van der Waals surface area contributed by atoms with Gasteiger partial charge in [0.1, 0.15) is 5.65 Å². The molecule has 8 heteroatoms. The van der Waals surface area contributed by atoms with Gasteiger partial charge in [-0.3, -0.25) is 4.79 Å². The quantitative estimate of drug-likeness (QED) is 0.526. The van der Waals surface area contributed by atoms with Crippen LogP contribution in [0.3, 0.4) is 0 Å². The summed E-state index contributed by atoms with van der Waals surface area (Å²) in [5, 5.41) is 7.12. The zero-order valence-corrected chi connectivity index (χ0v) is 19.9. The van der Waals surface area contributed by atoms with Crippen LogP contribution in [0.5, 0.6) is 0 Å². The lowest BCUT2D eigenvalue weighted by molar-refractivity contribution is -0.119. The van der Waals surface area contributed by atoms with Crippen molar-refractivity contribution in [2.45, 2.75) is 66.0 Å². The van der Waals surface area contributed by atoms with Crippen molar-refractivity contribution in [2.75, 3.05) is 30.9 Å². The molecular weight excluding hydrogens is 408 g/mol. The smallest absolute Gasteiger partial charge is 0.356 e. The molecule has 1 saturated heterocycles. The van der Waals surface area contributed by atoms with E-state index in [0.29, 0.717) is 42.5 Å². The number of nitrogens with zero attached hydrogens (tertiary/aromatic N) is 2.